The molecule has 26 heavy (non-hydrogen) atoms. The van der Waals surface area contributed by atoms with Gasteiger partial charge in [-0.25, -0.2) is 0 Å². The van der Waals surface area contributed by atoms with Crippen LogP contribution in [0.15, 0.2) is 29.2 Å². The largest absolute Gasteiger partial charge is 0.349 e. The van der Waals surface area contributed by atoms with Crippen LogP contribution in [-0.4, -0.2) is 39.9 Å². The fourth-order valence-corrected chi connectivity index (χ4v) is 3.48. The summed E-state index contributed by atoms with van der Waals surface area (Å²) >= 11 is 6.18. The Labute approximate surface area is 157 Å². The number of halogens is 1. The van der Waals surface area contributed by atoms with E-state index in [1.165, 1.54) is 0 Å². The molecule has 6 nitrogen and oxygen atoms in total. The number of rotatable bonds is 4. The lowest BCUT2D eigenvalue weighted by Crippen LogP contribution is -2.45. The number of carbonyl (C=O) groups excluding carboxylic acids is 1. The number of aryl methyl sites for hydroxylation is 1. The van der Waals surface area contributed by atoms with E-state index in [2.05, 4.69) is 20.2 Å². The number of likely N-dealkylation sites (tertiary alicyclic amines) is 1. The molecule has 0 saturated carbocycles. The highest BCUT2D eigenvalue weighted by Crippen LogP contribution is 2.19. The fraction of sp³-hybridized carbons (Fsp3) is 0.421. The Morgan fingerprint density at radius 3 is 2.73 bits per heavy atom. The number of H-pyrrole nitrogens is 1. The Morgan fingerprint density at radius 1 is 1.35 bits per heavy atom. The van der Waals surface area contributed by atoms with Crippen LogP contribution in [0.25, 0.3) is 0 Å². The van der Waals surface area contributed by atoms with Gasteiger partial charge in [-0.3, -0.25) is 19.5 Å². The third kappa shape index (κ3) is 4.14. The first kappa shape index (κ1) is 18.6. The Kier molecular flexibility index (Phi) is 5.74. The van der Waals surface area contributed by atoms with Gasteiger partial charge in [-0.1, -0.05) is 17.7 Å². The minimum atomic E-state index is -0.394. The average molecular weight is 375 g/mol. The monoisotopic (exact) mass is 374 g/mol. The lowest BCUT2D eigenvalue weighted by atomic mass is 10.0. The molecule has 0 aliphatic carbocycles. The van der Waals surface area contributed by atoms with Crippen LogP contribution in [-0.2, 0) is 6.54 Å². The maximum absolute atomic E-state index is 12.6. The van der Waals surface area contributed by atoms with E-state index in [1.807, 2.05) is 18.2 Å². The van der Waals surface area contributed by atoms with Crippen molar-refractivity contribution in [3.63, 3.8) is 0 Å². The molecule has 3 rings (SSSR count). The van der Waals surface area contributed by atoms with Crippen molar-refractivity contribution in [3.8, 4) is 0 Å². The van der Waals surface area contributed by atoms with Crippen molar-refractivity contribution >= 4 is 17.5 Å². The number of aromatic nitrogens is 2. The van der Waals surface area contributed by atoms with Crippen molar-refractivity contribution in [1.82, 2.24) is 20.2 Å². The van der Waals surface area contributed by atoms with Gasteiger partial charge in [-0.2, -0.15) is 0 Å². The quantitative estimate of drug-likeness (QED) is 0.861. The van der Waals surface area contributed by atoms with Crippen LogP contribution in [0, 0.1) is 13.8 Å². The van der Waals surface area contributed by atoms with Crippen molar-refractivity contribution in [2.75, 3.05) is 13.1 Å². The van der Waals surface area contributed by atoms with Crippen molar-refractivity contribution < 1.29 is 4.79 Å². The van der Waals surface area contributed by atoms with Gasteiger partial charge < -0.3 is 10.3 Å². The molecule has 2 aromatic heterocycles. The minimum Gasteiger partial charge on any atom is -0.349 e. The number of pyridine rings is 2. The molecule has 1 aliphatic rings. The third-order valence-electron chi connectivity index (χ3n) is 4.82. The van der Waals surface area contributed by atoms with Crippen LogP contribution in [0.4, 0.5) is 0 Å². The van der Waals surface area contributed by atoms with Gasteiger partial charge in [0.2, 0.25) is 0 Å². The maximum atomic E-state index is 12.6. The Balaban J connectivity index is 1.59. The lowest BCUT2D eigenvalue weighted by Gasteiger charge is -2.32. The number of hydrogen-bond acceptors (Lipinski definition) is 4. The molecule has 0 aromatic carbocycles. The van der Waals surface area contributed by atoms with Crippen molar-refractivity contribution in [3.05, 3.63) is 62.3 Å². The zero-order valence-electron chi connectivity index (χ0n) is 15.0. The first-order chi connectivity index (χ1) is 12.5. The van der Waals surface area contributed by atoms with E-state index in [-0.39, 0.29) is 17.5 Å². The molecule has 2 aromatic rings. The predicted octanol–water partition coefficient (Wildman–Crippen LogP) is 2.43. The van der Waals surface area contributed by atoms with Gasteiger partial charge in [-0.15, -0.1) is 0 Å². The van der Waals surface area contributed by atoms with E-state index < -0.39 is 5.56 Å². The number of piperidine rings is 1. The molecule has 2 N–H and O–H groups in total. The molecular weight excluding hydrogens is 352 g/mol. The zero-order chi connectivity index (χ0) is 18.7. The molecule has 3 heterocycles. The second kappa shape index (κ2) is 8.01. The Bertz CT molecular complexity index is 843. The number of hydrogen-bond donors (Lipinski definition) is 2. The van der Waals surface area contributed by atoms with Gasteiger partial charge in [0.05, 0.1) is 10.7 Å². The molecule has 1 amide bonds. The van der Waals surface area contributed by atoms with Crippen LogP contribution >= 0.6 is 11.6 Å². The van der Waals surface area contributed by atoms with Crippen LogP contribution < -0.4 is 10.9 Å². The minimum absolute atomic E-state index is 0.0568. The van der Waals surface area contributed by atoms with Gasteiger partial charge in [0.15, 0.2) is 0 Å². The van der Waals surface area contributed by atoms with Gasteiger partial charge in [0.1, 0.15) is 5.56 Å². The van der Waals surface area contributed by atoms with E-state index >= 15 is 0 Å². The Morgan fingerprint density at radius 2 is 2.08 bits per heavy atom. The molecule has 0 spiro atoms. The summed E-state index contributed by atoms with van der Waals surface area (Å²) in [6.45, 7) is 6.00. The summed E-state index contributed by atoms with van der Waals surface area (Å²) in [6.07, 6.45) is 3.49. The summed E-state index contributed by atoms with van der Waals surface area (Å²) in [5.74, 6) is -0.353. The van der Waals surface area contributed by atoms with Gasteiger partial charge in [0.25, 0.3) is 11.5 Å². The van der Waals surface area contributed by atoms with Crippen LogP contribution in [0.3, 0.4) is 0 Å². The highest BCUT2D eigenvalue weighted by Gasteiger charge is 2.24. The first-order valence-electron chi connectivity index (χ1n) is 8.78. The topological polar surface area (TPSA) is 78.1 Å². The number of aromatic amines is 1. The van der Waals surface area contributed by atoms with Crippen molar-refractivity contribution in [1.29, 1.82) is 0 Å². The number of nitrogens with zero attached hydrogens (tertiary/aromatic N) is 2. The highest BCUT2D eigenvalue weighted by atomic mass is 35.5. The molecule has 0 unspecified atom stereocenters. The summed E-state index contributed by atoms with van der Waals surface area (Å²) in [6, 6.07) is 5.97. The standard InChI is InChI=1S/C19H23ClN4O2/c1-12-16(18(25)22-13(2)17(12)20)19(26)23-14-6-9-24(10-7-14)11-15-5-3-4-8-21-15/h3-5,8,14H,6-7,9-11H2,1-2H3,(H,22,25)(H,23,26). The molecular formula is C19H23ClN4O2. The number of amides is 1. The van der Waals surface area contributed by atoms with E-state index in [9.17, 15) is 9.59 Å². The van der Waals surface area contributed by atoms with Gasteiger partial charge in [0, 0.05) is 37.6 Å². The lowest BCUT2D eigenvalue weighted by molar-refractivity contribution is 0.0906. The van der Waals surface area contributed by atoms with E-state index in [0.717, 1.165) is 38.2 Å². The zero-order valence-corrected chi connectivity index (χ0v) is 15.8. The van der Waals surface area contributed by atoms with E-state index in [0.29, 0.717) is 16.3 Å². The van der Waals surface area contributed by atoms with E-state index in [4.69, 9.17) is 11.6 Å². The second-order valence-corrected chi connectivity index (χ2v) is 7.12. The van der Waals surface area contributed by atoms with Crippen LogP contribution in [0.2, 0.25) is 5.02 Å². The van der Waals surface area contributed by atoms with Crippen LogP contribution in [0.5, 0.6) is 0 Å². The third-order valence-corrected chi connectivity index (χ3v) is 5.39. The molecule has 0 bridgehead atoms. The maximum Gasteiger partial charge on any atom is 0.261 e. The normalized spacial score (nSPS) is 15.8. The highest BCUT2D eigenvalue weighted by molar-refractivity contribution is 6.32. The Hall–Kier alpha value is -2.18. The number of carbonyl (C=O) groups is 1. The van der Waals surface area contributed by atoms with Gasteiger partial charge in [-0.05, 0) is 44.4 Å². The number of nitrogens with one attached hydrogen (secondary N) is 2. The van der Waals surface area contributed by atoms with Crippen molar-refractivity contribution in [2.45, 2.75) is 39.3 Å². The van der Waals surface area contributed by atoms with Crippen LogP contribution in [0.1, 0.15) is 40.2 Å². The second-order valence-electron chi connectivity index (χ2n) is 6.74. The predicted molar refractivity (Wildman–Crippen MR) is 102 cm³/mol. The molecule has 0 radical (unpaired) electrons. The summed E-state index contributed by atoms with van der Waals surface area (Å²) in [5.41, 5.74) is 1.86. The van der Waals surface area contributed by atoms with E-state index in [1.54, 1.807) is 20.0 Å². The summed E-state index contributed by atoms with van der Waals surface area (Å²) in [4.78, 5) is 34.1. The fourth-order valence-electron chi connectivity index (χ4n) is 3.34. The van der Waals surface area contributed by atoms with Gasteiger partial charge >= 0.3 is 0 Å². The van der Waals surface area contributed by atoms with Crippen molar-refractivity contribution in [2.24, 2.45) is 0 Å². The molecule has 1 saturated heterocycles. The summed E-state index contributed by atoms with van der Waals surface area (Å²) in [5, 5.41) is 3.42. The summed E-state index contributed by atoms with van der Waals surface area (Å²) < 4.78 is 0. The molecule has 1 fully saturated rings. The molecule has 7 heteroatoms. The average Bonchev–Trinajstić information content (AvgIpc) is 2.62. The molecule has 0 atom stereocenters. The molecule has 1 aliphatic heterocycles. The first-order valence-corrected chi connectivity index (χ1v) is 9.15. The SMILES string of the molecule is Cc1[nH]c(=O)c(C(=O)NC2CCN(Cc3ccccn3)CC2)c(C)c1Cl. The smallest absolute Gasteiger partial charge is 0.261 e. The molecule has 138 valence electrons. The summed E-state index contributed by atoms with van der Waals surface area (Å²) in [7, 11) is 0.